The first kappa shape index (κ1) is 10.0. The molecule has 0 spiro atoms. The number of alkyl halides is 3. The number of rotatable bonds is 1. The second kappa shape index (κ2) is 2.94. The maximum atomic E-state index is 11.5. The van der Waals surface area contributed by atoms with Gasteiger partial charge in [-0.25, -0.2) is 0 Å². The molecule has 0 aliphatic heterocycles. The Hall–Kier alpha value is -1.00. The van der Waals surface area contributed by atoms with Gasteiger partial charge in [-0.05, 0) is 25.2 Å². The number of carbonyl (C=O) groups excluding carboxylic acids is 1. The van der Waals surface area contributed by atoms with Crippen LogP contribution in [0.25, 0.3) is 0 Å². The first-order chi connectivity index (χ1) is 4.76. The topological polar surface area (TPSA) is 40.1 Å². The molecule has 0 atom stereocenters. The molecule has 0 saturated carbocycles. The number of halogens is 3. The van der Waals surface area contributed by atoms with E-state index in [0.29, 0.717) is 0 Å². The molecule has 0 rings (SSSR count). The molecule has 0 radical (unpaired) electrons. The molecule has 0 unspecified atom stereocenters. The van der Waals surface area contributed by atoms with E-state index < -0.39 is 23.3 Å². The van der Waals surface area contributed by atoms with Crippen molar-refractivity contribution in [2.75, 3.05) is 0 Å². The van der Waals surface area contributed by atoms with E-state index in [1.165, 1.54) is 0 Å². The van der Waals surface area contributed by atoms with Crippen molar-refractivity contribution in [1.29, 1.82) is 0 Å². The molecule has 0 bridgehead atoms. The Labute approximate surface area is 61.3 Å². The number of carbonyl (C=O) groups is 1. The summed E-state index contributed by atoms with van der Waals surface area (Å²) < 4.78 is 34.6. The lowest BCUT2D eigenvalue weighted by Crippen LogP contribution is -2.26. The van der Waals surface area contributed by atoms with Crippen LogP contribution in [0.5, 0.6) is 0 Å². The molecular weight excluding hydrogens is 161 g/mol. The van der Waals surface area contributed by atoms with Crippen LogP contribution in [0.4, 0.5) is 13.2 Å². The molecule has 0 fully saturated rings. The maximum absolute atomic E-state index is 11.5. The van der Waals surface area contributed by atoms with Gasteiger partial charge in [0.25, 0.3) is 0 Å². The third-order valence-electron chi connectivity index (χ3n) is 1.13. The highest BCUT2D eigenvalue weighted by Gasteiger charge is 2.28. The third kappa shape index (κ3) is 2.61. The molecule has 0 aliphatic rings. The smallest absolute Gasteiger partial charge is 0.402 e. The normalized spacial score (nSPS) is 14.3. The summed E-state index contributed by atoms with van der Waals surface area (Å²) >= 11 is 0. The summed E-state index contributed by atoms with van der Waals surface area (Å²) in [6.45, 7) is 1.77. The van der Waals surface area contributed by atoms with Gasteiger partial charge in [0.05, 0.1) is 0 Å². The standard InChI is InChI=1S/C6H7F3O2/c1-3(4(2)10)5(11)6(7,8)9/h11H,1-2H3/p-1/b5-3-. The minimum atomic E-state index is -4.93. The third-order valence-corrected chi connectivity index (χ3v) is 1.13. The van der Waals surface area contributed by atoms with E-state index in [0.717, 1.165) is 13.8 Å². The average molecular weight is 167 g/mol. The molecule has 0 amide bonds. The summed E-state index contributed by atoms with van der Waals surface area (Å²) in [5, 5.41) is 10.2. The van der Waals surface area contributed by atoms with Gasteiger partial charge < -0.3 is 5.11 Å². The van der Waals surface area contributed by atoms with Gasteiger partial charge in [0, 0.05) is 0 Å². The first-order valence-electron chi connectivity index (χ1n) is 2.73. The Bertz CT molecular complexity index is 202. The lowest BCUT2D eigenvalue weighted by atomic mass is 10.2. The molecule has 0 heterocycles. The van der Waals surface area contributed by atoms with Gasteiger partial charge in [-0.1, -0.05) is 0 Å². The molecule has 0 aromatic rings. The minimum absolute atomic E-state index is 0.780. The summed E-state index contributed by atoms with van der Waals surface area (Å²) in [5.74, 6) is -2.92. The van der Waals surface area contributed by atoms with Gasteiger partial charge in [0.15, 0.2) is 5.78 Å². The zero-order chi connectivity index (χ0) is 9.23. The molecule has 2 nitrogen and oxygen atoms in total. The Kier molecular flexibility index (Phi) is 2.67. The highest BCUT2D eigenvalue weighted by molar-refractivity contribution is 5.93. The van der Waals surface area contributed by atoms with E-state index in [9.17, 15) is 23.1 Å². The molecule has 0 aromatic heterocycles. The zero-order valence-electron chi connectivity index (χ0n) is 5.95. The lowest BCUT2D eigenvalue weighted by molar-refractivity contribution is -0.361. The fourth-order valence-corrected chi connectivity index (χ4v) is 0.372. The molecule has 0 aromatic carbocycles. The van der Waals surface area contributed by atoms with Crippen LogP contribution in [-0.4, -0.2) is 12.0 Å². The van der Waals surface area contributed by atoms with Gasteiger partial charge in [0.1, 0.15) is 0 Å². The molecule has 11 heavy (non-hydrogen) atoms. The van der Waals surface area contributed by atoms with Crippen LogP contribution >= 0.6 is 0 Å². The second-order valence-electron chi connectivity index (χ2n) is 2.01. The van der Waals surface area contributed by atoms with E-state index in [1.54, 1.807) is 0 Å². The molecule has 0 saturated heterocycles. The average Bonchev–Trinajstić information content (AvgIpc) is 1.82. The van der Waals surface area contributed by atoms with Crippen molar-refractivity contribution in [2.45, 2.75) is 20.0 Å². The number of hydrogen-bond donors (Lipinski definition) is 0. The largest absolute Gasteiger partial charge is 0.869 e. The lowest BCUT2D eigenvalue weighted by Gasteiger charge is -2.17. The fourth-order valence-electron chi connectivity index (χ4n) is 0.372. The van der Waals surface area contributed by atoms with Crippen molar-refractivity contribution in [3.63, 3.8) is 0 Å². The summed E-state index contributed by atoms with van der Waals surface area (Å²) in [6, 6.07) is 0. The van der Waals surface area contributed by atoms with Crippen LogP contribution in [0.3, 0.4) is 0 Å². The number of ketones is 1. The van der Waals surface area contributed by atoms with E-state index >= 15 is 0 Å². The van der Waals surface area contributed by atoms with Gasteiger partial charge in [-0.3, -0.25) is 4.79 Å². The first-order valence-corrected chi connectivity index (χ1v) is 2.73. The summed E-state index contributed by atoms with van der Waals surface area (Å²) in [6.07, 6.45) is -4.93. The van der Waals surface area contributed by atoms with Crippen molar-refractivity contribution in [2.24, 2.45) is 0 Å². The van der Waals surface area contributed by atoms with Crippen LogP contribution in [0, 0.1) is 0 Å². The number of Topliss-reactive ketones (excluding diaryl/α,β-unsaturated/α-hetero) is 1. The van der Waals surface area contributed by atoms with Gasteiger partial charge in [-0.2, -0.15) is 13.2 Å². The molecule has 64 valence electrons. The Morgan fingerprint density at radius 1 is 1.27 bits per heavy atom. The van der Waals surface area contributed by atoms with Crippen LogP contribution in [0.15, 0.2) is 11.3 Å². The minimum Gasteiger partial charge on any atom is -0.869 e. The zero-order valence-corrected chi connectivity index (χ0v) is 5.95. The molecule has 5 heteroatoms. The van der Waals surface area contributed by atoms with Crippen molar-refractivity contribution in [3.8, 4) is 0 Å². The van der Waals surface area contributed by atoms with Crippen LogP contribution in [0.2, 0.25) is 0 Å². The van der Waals surface area contributed by atoms with E-state index in [1.807, 2.05) is 0 Å². The molecule has 0 aliphatic carbocycles. The number of allylic oxidation sites excluding steroid dienone is 2. The number of hydrogen-bond acceptors (Lipinski definition) is 2. The van der Waals surface area contributed by atoms with Gasteiger partial charge >= 0.3 is 6.18 Å². The van der Waals surface area contributed by atoms with Crippen molar-refractivity contribution < 1.29 is 23.1 Å². The highest BCUT2D eigenvalue weighted by Crippen LogP contribution is 2.23. The molecular formula is C6H6F3O2-. The Balaban J connectivity index is 4.82. The molecule has 0 N–H and O–H groups in total. The van der Waals surface area contributed by atoms with Crippen molar-refractivity contribution in [1.82, 2.24) is 0 Å². The van der Waals surface area contributed by atoms with E-state index in [-0.39, 0.29) is 0 Å². The summed E-state index contributed by atoms with van der Waals surface area (Å²) in [5.41, 5.74) is -0.780. The predicted molar refractivity (Wildman–Crippen MR) is 29.4 cm³/mol. The van der Waals surface area contributed by atoms with Crippen LogP contribution < -0.4 is 5.11 Å². The maximum Gasteiger partial charge on any atom is 0.402 e. The Morgan fingerprint density at radius 3 is 1.73 bits per heavy atom. The van der Waals surface area contributed by atoms with Gasteiger partial charge in [0.2, 0.25) is 0 Å². The van der Waals surface area contributed by atoms with Crippen molar-refractivity contribution in [3.05, 3.63) is 11.3 Å². The fraction of sp³-hybridized carbons (Fsp3) is 0.500. The van der Waals surface area contributed by atoms with E-state index in [2.05, 4.69) is 0 Å². The SMILES string of the molecule is CC(=O)/C(C)=C(\[O-])C(F)(F)F. The van der Waals surface area contributed by atoms with Crippen molar-refractivity contribution >= 4 is 5.78 Å². The van der Waals surface area contributed by atoms with E-state index in [4.69, 9.17) is 0 Å². The van der Waals surface area contributed by atoms with Crippen LogP contribution in [0.1, 0.15) is 13.8 Å². The Morgan fingerprint density at radius 2 is 1.64 bits per heavy atom. The summed E-state index contributed by atoms with van der Waals surface area (Å²) in [4.78, 5) is 10.3. The second-order valence-corrected chi connectivity index (χ2v) is 2.01. The monoisotopic (exact) mass is 167 g/mol. The predicted octanol–water partition coefficient (Wildman–Crippen LogP) is 0.772. The van der Waals surface area contributed by atoms with Crippen LogP contribution in [-0.2, 0) is 4.79 Å². The van der Waals surface area contributed by atoms with Gasteiger partial charge in [-0.15, -0.1) is 0 Å². The summed E-state index contributed by atoms with van der Waals surface area (Å²) in [7, 11) is 0. The quantitative estimate of drug-likeness (QED) is 0.427. The highest BCUT2D eigenvalue weighted by atomic mass is 19.4.